The molecule has 130 valence electrons. The van der Waals surface area contributed by atoms with Gasteiger partial charge >= 0.3 is 0 Å². The number of amides is 1. The molecule has 3 aromatic heterocycles. The van der Waals surface area contributed by atoms with Crippen molar-refractivity contribution >= 4 is 28.3 Å². The summed E-state index contributed by atoms with van der Waals surface area (Å²) >= 11 is 0. The second kappa shape index (κ2) is 6.03. The fraction of sp³-hybridized carbons (Fsp3) is 0. The number of aromatic amines is 1. The lowest BCUT2D eigenvalue weighted by molar-refractivity contribution is 0.102. The van der Waals surface area contributed by atoms with Crippen LogP contribution in [0.2, 0.25) is 0 Å². The van der Waals surface area contributed by atoms with Crippen LogP contribution in [0, 0.1) is 0 Å². The summed E-state index contributed by atoms with van der Waals surface area (Å²) in [6, 6.07) is 16.6. The van der Waals surface area contributed by atoms with Crippen LogP contribution in [0.1, 0.15) is 10.4 Å². The average Bonchev–Trinajstić information content (AvgIpc) is 3.36. The fourth-order valence-corrected chi connectivity index (χ4v) is 2.92. The first-order chi connectivity index (χ1) is 13.3. The Hall–Kier alpha value is -4.07. The molecule has 8 nitrogen and oxygen atoms in total. The molecule has 2 N–H and O–H groups in total. The molecular formula is C19H13N7O. The van der Waals surface area contributed by atoms with Crippen LogP contribution in [-0.2, 0) is 0 Å². The maximum absolute atomic E-state index is 12.6. The maximum atomic E-state index is 12.6. The van der Waals surface area contributed by atoms with E-state index >= 15 is 0 Å². The average molecular weight is 355 g/mol. The van der Waals surface area contributed by atoms with Crippen LogP contribution in [0.25, 0.3) is 27.9 Å². The van der Waals surface area contributed by atoms with E-state index < -0.39 is 0 Å². The predicted octanol–water partition coefficient (Wildman–Crippen LogP) is 2.92. The van der Waals surface area contributed by atoms with Gasteiger partial charge in [-0.2, -0.15) is 9.61 Å². The Morgan fingerprint density at radius 2 is 2.04 bits per heavy atom. The minimum atomic E-state index is -0.189. The van der Waals surface area contributed by atoms with Gasteiger partial charge in [-0.1, -0.05) is 12.1 Å². The van der Waals surface area contributed by atoms with Gasteiger partial charge in [-0.3, -0.25) is 4.79 Å². The van der Waals surface area contributed by atoms with Crippen LogP contribution in [-0.4, -0.2) is 35.7 Å². The van der Waals surface area contributed by atoms with Crippen molar-refractivity contribution in [2.24, 2.45) is 0 Å². The Labute approximate surface area is 152 Å². The zero-order valence-electron chi connectivity index (χ0n) is 14.0. The van der Waals surface area contributed by atoms with Gasteiger partial charge in [0.15, 0.2) is 5.65 Å². The van der Waals surface area contributed by atoms with Crippen LogP contribution in [0.3, 0.4) is 0 Å². The second-order valence-electron chi connectivity index (χ2n) is 6.02. The minimum Gasteiger partial charge on any atom is -0.345 e. The third-order valence-corrected chi connectivity index (χ3v) is 4.26. The number of benzene rings is 2. The molecule has 0 aliphatic carbocycles. The number of hydrogen-bond acceptors (Lipinski definition) is 5. The van der Waals surface area contributed by atoms with Gasteiger partial charge in [0.25, 0.3) is 5.91 Å². The Kier molecular flexibility index (Phi) is 3.39. The Bertz CT molecular complexity index is 1290. The number of H-pyrrole nitrogens is 1. The third-order valence-electron chi connectivity index (χ3n) is 4.26. The topological polar surface area (TPSA) is 101 Å². The highest BCUT2D eigenvalue weighted by Crippen LogP contribution is 2.22. The first-order valence-electron chi connectivity index (χ1n) is 8.28. The molecule has 2 aromatic carbocycles. The van der Waals surface area contributed by atoms with Crippen molar-refractivity contribution < 1.29 is 4.79 Å². The van der Waals surface area contributed by atoms with Crippen LogP contribution in [0.5, 0.6) is 0 Å². The van der Waals surface area contributed by atoms with Crippen molar-refractivity contribution in [2.45, 2.75) is 0 Å². The molecule has 0 saturated heterocycles. The Balaban J connectivity index is 1.43. The molecule has 5 aromatic rings. The third kappa shape index (κ3) is 2.78. The molecule has 8 heteroatoms. The van der Waals surface area contributed by atoms with Crippen molar-refractivity contribution in [1.29, 1.82) is 0 Å². The molecule has 0 aliphatic heterocycles. The van der Waals surface area contributed by atoms with E-state index in [9.17, 15) is 4.79 Å². The number of aromatic nitrogens is 6. The molecule has 0 atom stereocenters. The van der Waals surface area contributed by atoms with E-state index in [1.807, 2.05) is 42.5 Å². The summed E-state index contributed by atoms with van der Waals surface area (Å²) in [4.78, 5) is 19.8. The van der Waals surface area contributed by atoms with Crippen LogP contribution < -0.4 is 5.32 Å². The molecule has 0 aliphatic rings. The lowest BCUT2D eigenvalue weighted by Gasteiger charge is -2.08. The van der Waals surface area contributed by atoms with Crippen LogP contribution in [0.15, 0.2) is 67.3 Å². The highest BCUT2D eigenvalue weighted by Gasteiger charge is 2.09. The van der Waals surface area contributed by atoms with E-state index in [0.29, 0.717) is 16.9 Å². The lowest BCUT2D eigenvalue weighted by atomic mass is 10.1. The number of nitrogens with one attached hydrogen (secondary N) is 2. The number of anilines is 1. The monoisotopic (exact) mass is 355 g/mol. The molecular weight excluding hydrogens is 342 g/mol. The summed E-state index contributed by atoms with van der Waals surface area (Å²) in [5, 5.41) is 15.2. The van der Waals surface area contributed by atoms with E-state index in [2.05, 4.69) is 30.6 Å². The summed E-state index contributed by atoms with van der Waals surface area (Å²) in [6.07, 6.45) is 3.16. The molecule has 5 rings (SSSR count). The van der Waals surface area contributed by atoms with Crippen LogP contribution >= 0.6 is 0 Å². The summed E-state index contributed by atoms with van der Waals surface area (Å²) in [7, 11) is 0. The molecule has 0 radical (unpaired) electrons. The summed E-state index contributed by atoms with van der Waals surface area (Å²) in [5.41, 5.74) is 5.21. The van der Waals surface area contributed by atoms with E-state index in [-0.39, 0.29) is 5.91 Å². The number of carbonyl (C=O) groups is 1. The molecule has 0 fully saturated rings. The zero-order valence-corrected chi connectivity index (χ0v) is 14.0. The first kappa shape index (κ1) is 15.2. The van der Waals surface area contributed by atoms with Crippen molar-refractivity contribution in [3.05, 3.63) is 72.8 Å². The largest absolute Gasteiger partial charge is 0.345 e. The molecule has 27 heavy (non-hydrogen) atoms. The van der Waals surface area contributed by atoms with Crippen LogP contribution in [0.4, 0.5) is 5.69 Å². The summed E-state index contributed by atoms with van der Waals surface area (Å²) in [5.74, 6) is -0.189. The quantitative estimate of drug-likeness (QED) is 0.518. The zero-order chi connectivity index (χ0) is 18.2. The highest BCUT2D eigenvalue weighted by atomic mass is 16.1. The Morgan fingerprint density at radius 1 is 1.07 bits per heavy atom. The Morgan fingerprint density at radius 3 is 3.00 bits per heavy atom. The fourth-order valence-electron chi connectivity index (χ4n) is 2.92. The maximum Gasteiger partial charge on any atom is 0.255 e. The molecule has 0 bridgehead atoms. The van der Waals surface area contributed by atoms with Crippen molar-refractivity contribution in [3.8, 4) is 11.3 Å². The smallest absolute Gasteiger partial charge is 0.255 e. The number of fused-ring (bicyclic) bond motifs is 2. The molecule has 1 amide bonds. The lowest BCUT2D eigenvalue weighted by Crippen LogP contribution is -2.11. The standard InChI is InChI=1S/C19H13N7O/c27-19(13-4-5-16-17(9-13)21-10-20-16)23-14-3-1-2-12(8-14)15-6-7-18-24-22-11-26(18)25-15/h1-11H,(H,20,21)(H,23,27). The molecule has 0 spiro atoms. The van der Waals surface area contributed by atoms with Crippen molar-refractivity contribution in [2.75, 3.05) is 5.32 Å². The first-order valence-corrected chi connectivity index (χ1v) is 8.28. The van der Waals surface area contributed by atoms with Crippen molar-refractivity contribution in [3.63, 3.8) is 0 Å². The van der Waals surface area contributed by atoms with Gasteiger partial charge in [-0.25, -0.2) is 4.98 Å². The van der Waals surface area contributed by atoms with E-state index in [4.69, 9.17) is 0 Å². The van der Waals surface area contributed by atoms with E-state index in [0.717, 1.165) is 22.3 Å². The predicted molar refractivity (Wildman–Crippen MR) is 100 cm³/mol. The number of nitrogens with zero attached hydrogens (tertiary/aromatic N) is 5. The molecule has 3 heterocycles. The van der Waals surface area contributed by atoms with Gasteiger partial charge in [0.1, 0.15) is 6.33 Å². The SMILES string of the molecule is O=C(Nc1cccc(-c2ccc3nncn3n2)c1)c1ccc2nc[nH]c2c1. The van der Waals surface area contributed by atoms with Gasteiger partial charge in [0, 0.05) is 16.8 Å². The minimum absolute atomic E-state index is 0.189. The number of imidazole rings is 1. The van der Waals surface area contributed by atoms with Gasteiger partial charge in [0.2, 0.25) is 0 Å². The highest BCUT2D eigenvalue weighted by molar-refractivity contribution is 6.06. The van der Waals surface area contributed by atoms with Gasteiger partial charge < -0.3 is 10.3 Å². The normalized spacial score (nSPS) is 11.1. The van der Waals surface area contributed by atoms with E-state index in [1.54, 1.807) is 29.3 Å². The van der Waals surface area contributed by atoms with E-state index in [1.165, 1.54) is 0 Å². The summed E-state index contributed by atoms with van der Waals surface area (Å²) < 4.78 is 1.61. The number of rotatable bonds is 3. The second-order valence-corrected chi connectivity index (χ2v) is 6.02. The number of carbonyl (C=O) groups excluding carboxylic acids is 1. The van der Waals surface area contributed by atoms with Gasteiger partial charge in [-0.05, 0) is 42.5 Å². The van der Waals surface area contributed by atoms with Gasteiger partial charge in [-0.15, -0.1) is 10.2 Å². The molecule has 0 saturated carbocycles. The molecule has 0 unspecified atom stereocenters. The van der Waals surface area contributed by atoms with Gasteiger partial charge in [0.05, 0.1) is 23.1 Å². The van der Waals surface area contributed by atoms with Crippen molar-refractivity contribution in [1.82, 2.24) is 29.8 Å². The number of hydrogen-bond donors (Lipinski definition) is 2. The summed E-state index contributed by atoms with van der Waals surface area (Å²) in [6.45, 7) is 0.